The number of carbonyl (C=O) groups excluding carboxylic acids is 1. The molecule has 2 aromatic carbocycles. The van der Waals surface area contributed by atoms with Crippen LogP contribution in [-0.4, -0.2) is 47.3 Å². The third kappa shape index (κ3) is 5.20. The second kappa shape index (κ2) is 9.59. The van der Waals surface area contributed by atoms with Crippen molar-refractivity contribution in [1.29, 1.82) is 0 Å². The van der Waals surface area contributed by atoms with Crippen LogP contribution in [0.1, 0.15) is 31.6 Å². The molecule has 0 radical (unpaired) electrons. The minimum Gasteiger partial charge on any atom is -0.494 e. The molecule has 0 spiro atoms. The van der Waals surface area contributed by atoms with Gasteiger partial charge in [0.2, 0.25) is 11.8 Å². The van der Waals surface area contributed by atoms with Crippen LogP contribution in [0.5, 0.6) is 11.5 Å². The van der Waals surface area contributed by atoms with Crippen LogP contribution in [0.25, 0.3) is 11.5 Å². The second-order valence-electron chi connectivity index (χ2n) is 7.30. The summed E-state index contributed by atoms with van der Waals surface area (Å²) in [5.74, 6) is 2.06. The summed E-state index contributed by atoms with van der Waals surface area (Å²) in [6.45, 7) is 3.73. The zero-order chi connectivity index (χ0) is 21.6. The first-order valence-corrected chi connectivity index (χ1v) is 10.3. The average molecular weight is 425 g/mol. The Balaban J connectivity index is 1.26. The van der Waals surface area contributed by atoms with E-state index in [9.17, 15) is 9.18 Å². The van der Waals surface area contributed by atoms with Crippen LogP contribution in [0.3, 0.4) is 0 Å². The Morgan fingerprint density at radius 3 is 2.32 bits per heavy atom. The van der Waals surface area contributed by atoms with Crippen molar-refractivity contribution in [2.75, 3.05) is 26.3 Å². The van der Waals surface area contributed by atoms with Gasteiger partial charge in [-0.1, -0.05) is 0 Å². The smallest absolute Gasteiger partial charge is 0.260 e. The van der Waals surface area contributed by atoms with Gasteiger partial charge in [-0.3, -0.25) is 4.79 Å². The van der Waals surface area contributed by atoms with Gasteiger partial charge >= 0.3 is 0 Å². The Labute approximate surface area is 179 Å². The molecule has 1 aliphatic rings. The molecule has 0 bridgehead atoms. The number of amides is 1. The minimum atomic E-state index is -0.313. The Kier molecular flexibility index (Phi) is 6.45. The molecule has 0 aliphatic carbocycles. The first-order valence-electron chi connectivity index (χ1n) is 10.3. The molecule has 8 heteroatoms. The van der Waals surface area contributed by atoms with Gasteiger partial charge in [-0.2, -0.15) is 0 Å². The molecule has 162 valence electrons. The number of ether oxygens (including phenoxy) is 2. The maximum absolute atomic E-state index is 13.1. The third-order valence-corrected chi connectivity index (χ3v) is 5.23. The van der Waals surface area contributed by atoms with Gasteiger partial charge in [0, 0.05) is 24.6 Å². The predicted octanol–water partition coefficient (Wildman–Crippen LogP) is 4.06. The van der Waals surface area contributed by atoms with Crippen LogP contribution >= 0.6 is 0 Å². The van der Waals surface area contributed by atoms with E-state index in [0.29, 0.717) is 42.8 Å². The van der Waals surface area contributed by atoms with Gasteiger partial charge in [0.1, 0.15) is 17.3 Å². The Hall–Kier alpha value is -3.42. The summed E-state index contributed by atoms with van der Waals surface area (Å²) in [4.78, 5) is 14.3. The molecule has 1 aromatic heterocycles. The highest BCUT2D eigenvalue weighted by atomic mass is 19.1. The normalized spacial score (nSPS) is 14.5. The summed E-state index contributed by atoms with van der Waals surface area (Å²) in [6, 6.07) is 13.2. The molecule has 0 atom stereocenters. The second-order valence-corrected chi connectivity index (χ2v) is 7.30. The number of halogens is 1. The van der Waals surface area contributed by atoms with Crippen LogP contribution < -0.4 is 9.47 Å². The van der Waals surface area contributed by atoms with Crippen molar-refractivity contribution >= 4 is 5.91 Å². The van der Waals surface area contributed by atoms with Crippen LogP contribution in [0.2, 0.25) is 0 Å². The monoisotopic (exact) mass is 425 g/mol. The maximum atomic E-state index is 13.1. The molecular formula is C23H24FN3O4. The molecule has 1 amide bonds. The number of hydrogen-bond acceptors (Lipinski definition) is 6. The number of aromatic nitrogens is 2. The number of likely N-dealkylation sites (tertiary alicyclic amines) is 1. The summed E-state index contributed by atoms with van der Waals surface area (Å²) in [6.07, 6.45) is 1.47. The average Bonchev–Trinajstić information content (AvgIpc) is 3.29. The Morgan fingerprint density at radius 1 is 1.03 bits per heavy atom. The molecule has 0 saturated carbocycles. The van der Waals surface area contributed by atoms with E-state index in [1.165, 1.54) is 12.1 Å². The standard InChI is InChI=1S/C23H24FN3O4/c1-2-29-19-7-9-20(10-8-19)30-15-21(28)27-13-11-17(12-14-27)23-26-25-22(31-23)16-3-5-18(24)6-4-16/h3-10,17H,2,11-15H2,1H3. The number of hydrogen-bond donors (Lipinski definition) is 0. The Morgan fingerprint density at radius 2 is 1.68 bits per heavy atom. The fourth-order valence-corrected chi connectivity index (χ4v) is 3.52. The Bertz CT molecular complexity index is 996. The molecule has 4 rings (SSSR count). The van der Waals surface area contributed by atoms with Gasteiger partial charge < -0.3 is 18.8 Å². The van der Waals surface area contributed by atoms with Crippen LogP contribution in [0.4, 0.5) is 4.39 Å². The molecule has 0 N–H and O–H groups in total. The molecule has 2 heterocycles. The van der Waals surface area contributed by atoms with Crippen molar-refractivity contribution in [3.63, 3.8) is 0 Å². The molecular weight excluding hydrogens is 401 g/mol. The molecule has 1 saturated heterocycles. The summed E-state index contributed by atoms with van der Waals surface area (Å²) in [5.41, 5.74) is 0.680. The summed E-state index contributed by atoms with van der Waals surface area (Å²) in [5, 5.41) is 8.23. The largest absolute Gasteiger partial charge is 0.494 e. The molecule has 7 nitrogen and oxygen atoms in total. The van der Waals surface area contributed by atoms with Crippen molar-refractivity contribution in [2.24, 2.45) is 0 Å². The highest BCUT2D eigenvalue weighted by Gasteiger charge is 2.27. The maximum Gasteiger partial charge on any atom is 0.260 e. The number of nitrogens with zero attached hydrogens (tertiary/aromatic N) is 3. The van der Waals surface area contributed by atoms with E-state index in [1.807, 2.05) is 19.1 Å². The van der Waals surface area contributed by atoms with E-state index < -0.39 is 0 Å². The highest BCUT2D eigenvalue weighted by molar-refractivity contribution is 5.77. The lowest BCUT2D eigenvalue weighted by Crippen LogP contribution is -2.40. The highest BCUT2D eigenvalue weighted by Crippen LogP contribution is 2.29. The van der Waals surface area contributed by atoms with Gasteiger partial charge in [0.25, 0.3) is 5.91 Å². The number of rotatable bonds is 7. The molecule has 31 heavy (non-hydrogen) atoms. The van der Waals surface area contributed by atoms with Gasteiger partial charge in [-0.25, -0.2) is 4.39 Å². The van der Waals surface area contributed by atoms with Crippen molar-refractivity contribution in [3.8, 4) is 23.0 Å². The van der Waals surface area contributed by atoms with E-state index in [1.54, 1.807) is 29.2 Å². The lowest BCUT2D eigenvalue weighted by molar-refractivity contribution is -0.134. The fourth-order valence-electron chi connectivity index (χ4n) is 3.52. The first kappa shape index (κ1) is 20.8. The predicted molar refractivity (Wildman–Crippen MR) is 111 cm³/mol. The zero-order valence-corrected chi connectivity index (χ0v) is 17.3. The molecule has 1 fully saturated rings. The van der Waals surface area contributed by atoms with Crippen LogP contribution in [0, 0.1) is 5.82 Å². The quantitative estimate of drug-likeness (QED) is 0.568. The molecule has 3 aromatic rings. The van der Waals surface area contributed by atoms with Crippen LogP contribution in [0.15, 0.2) is 52.9 Å². The van der Waals surface area contributed by atoms with E-state index in [2.05, 4.69) is 10.2 Å². The summed E-state index contributed by atoms with van der Waals surface area (Å²) in [7, 11) is 0. The van der Waals surface area contributed by atoms with Crippen molar-refractivity contribution in [1.82, 2.24) is 15.1 Å². The SMILES string of the molecule is CCOc1ccc(OCC(=O)N2CCC(c3nnc(-c4ccc(F)cc4)o3)CC2)cc1. The molecule has 1 aliphatic heterocycles. The van der Waals surface area contributed by atoms with E-state index in [4.69, 9.17) is 13.9 Å². The fraction of sp³-hybridized carbons (Fsp3) is 0.348. The van der Waals surface area contributed by atoms with Crippen molar-refractivity contribution in [2.45, 2.75) is 25.7 Å². The topological polar surface area (TPSA) is 77.7 Å². The van der Waals surface area contributed by atoms with Crippen molar-refractivity contribution < 1.29 is 23.1 Å². The number of piperidine rings is 1. The number of carbonyl (C=O) groups is 1. The van der Waals surface area contributed by atoms with Crippen molar-refractivity contribution in [3.05, 3.63) is 60.2 Å². The zero-order valence-electron chi connectivity index (χ0n) is 17.3. The minimum absolute atomic E-state index is 0.00603. The van der Waals surface area contributed by atoms with Crippen LogP contribution in [-0.2, 0) is 4.79 Å². The lowest BCUT2D eigenvalue weighted by atomic mass is 9.97. The van der Waals surface area contributed by atoms with E-state index >= 15 is 0 Å². The van der Waals surface area contributed by atoms with E-state index in [-0.39, 0.29) is 24.2 Å². The summed E-state index contributed by atoms with van der Waals surface area (Å²) < 4.78 is 29.9. The molecule has 0 unspecified atom stereocenters. The van der Waals surface area contributed by atoms with Gasteiger partial charge in [0.05, 0.1) is 6.61 Å². The third-order valence-electron chi connectivity index (χ3n) is 5.23. The van der Waals surface area contributed by atoms with Gasteiger partial charge in [-0.05, 0) is 68.3 Å². The lowest BCUT2D eigenvalue weighted by Gasteiger charge is -2.30. The summed E-state index contributed by atoms with van der Waals surface area (Å²) >= 11 is 0. The van der Waals surface area contributed by atoms with Gasteiger partial charge in [0.15, 0.2) is 6.61 Å². The van der Waals surface area contributed by atoms with Gasteiger partial charge in [-0.15, -0.1) is 10.2 Å². The first-order chi connectivity index (χ1) is 15.1. The van der Waals surface area contributed by atoms with E-state index in [0.717, 1.165) is 18.6 Å². The number of benzene rings is 2.